The second-order valence-corrected chi connectivity index (χ2v) is 6.10. The van der Waals surface area contributed by atoms with Gasteiger partial charge in [0.2, 0.25) is 0 Å². The summed E-state index contributed by atoms with van der Waals surface area (Å²) >= 11 is 2.13. The van der Waals surface area contributed by atoms with Crippen LogP contribution in [0.4, 0.5) is 10.5 Å². The summed E-state index contributed by atoms with van der Waals surface area (Å²) in [5, 5.41) is 7.11. The first kappa shape index (κ1) is 12.7. The zero-order chi connectivity index (χ0) is 12.6. The molecule has 0 aromatic carbocycles. The average Bonchev–Trinajstić information content (AvgIpc) is 2.58. The SMILES string of the molecule is CC(C)(C)OC(=O)N1CCCc2[nH]nc(I)c21. The number of aromatic amines is 1. The van der Waals surface area contributed by atoms with Gasteiger partial charge in [-0.1, -0.05) is 0 Å². The van der Waals surface area contributed by atoms with Gasteiger partial charge in [-0.2, -0.15) is 5.10 Å². The smallest absolute Gasteiger partial charge is 0.414 e. The maximum atomic E-state index is 12.1. The van der Waals surface area contributed by atoms with Crippen molar-refractivity contribution in [2.45, 2.75) is 39.2 Å². The van der Waals surface area contributed by atoms with Gasteiger partial charge in [0.1, 0.15) is 15.0 Å². The van der Waals surface area contributed by atoms with Gasteiger partial charge >= 0.3 is 6.09 Å². The van der Waals surface area contributed by atoms with E-state index in [1.165, 1.54) is 0 Å². The molecule has 17 heavy (non-hydrogen) atoms. The molecule has 1 aliphatic rings. The maximum Gasteiger partial charge on any atom is 0.414 e. The maximum absolute atomic E-state index is 12.1. The van der Waals surface area contributed by atoms with Gasteiger partial charge in [-0.15, -0.1) is 0 Å². The fourth-order valence-corrected chi connectivity index (χ4v) is 2.56. The van der Waals surface area contributed by atoms with Crippen molar-refractivity contribution < 1.29 is 9.53 Å². The Labute approximate surface area is 114 Å². The molecule has 1 aromatic rings. The minimum absolute atomic E-state index is 0.294. The van der Waals surface area contributed by atoms with E-state index in [9.17, 15) is 4.79 Å². The Hall–Kier alpha value is -0.790. The molecule has 2 heterocycles. The number of carbonyl (C=O) groups excluding carboxylic acids is 1. The molecule has 5 nitrogen and oxygen atoms in total. The molecule has 0 atom stereocenters. The normalized spacial score (nSPS) is 15.6. The van der Waals surface area contributed by atoms with Crippen LogP contribution in [0.2, 0.25) is 0 Å². The monoisotopic (exact) mass is 349 g/mol. The number of hydrogen-bond donors (Lipinski definition) is 1. The molecule has 0 aliphatic carbocycles. The van der Waals surface area contributed by atoms with Crippen LogP contribution in [0.3, 0.4) is 0 Å². The van der Waals surface area contributed by atoms with E-state index in [0.717, 1.165) is 27.9 Å². The predicted octanol–water partition coefficient (Wildman–Crippen LogP) is 2.70. The third-order valence-electron chi connectivity index (χ3n) is 2.46. The van der Waals surface area contributed by atoms with Crippen LogP contribution in [0.1, 0.15) is 32.9 Å². The molecule has 1 N–H and O–H groups in total. The molecule has 0 saturated heterocycles. The molecule has 0 saturated carbocycles. The Kier molecular flexibility index (Phi) is 3.33. The number of hydrogen-bond acceptors (Lipinski definition) is 3. The third kappa shape index (κ3) is 2.72. The molecule has 0 spiro atoms. The van der Waals surface area contributed by atoms with E-state index in [4.69, 9.17) is 4.74 Å². The van der Waals surface area contributed by atoms with Crippen molar-refractivity contribution in [2.75, 3.05) is 11.4 Å². The molecule has 2 rings (SSSR count). The molecule has 6 heteroatoms. The number of amides is 1. The quantitative estimate of drug-likeness (QED) is 0.733. The van der Waals surface area contributed by atoms with Crippen molar-refractivity contribution in [3.05, 3.63) is 9.39 Å². The molecule has 94 valence electrons. The third-order valence-corrected chi connectivity index (χ3v) is 3.21. The average molecular weight is 349 g/mol. The highest BCUT2D eigenvalue weighted by atomic mass is 127. The molecule has 1 aromatic heterocycles. The zero-order valence-corrected chi connectivity index (χ0v) is 12.4. The zero-order valence-electron chi connectivity index (χ0n) is 10.2. The van der Waals surface area contributed by atoms with E-state index in [1.807, 2.05) is 20.8 Å². The van der Waals surface area contributed by atoms with E-state index < -0.39 is 5.60 Å². The first-order valence-corrected chi connectivity index (χ1v) is 6.69. The van der Waals surface area contributed by atoms with E-state index in [-0.39, 0.29) is 6.09 Å². The molecule has 1 amide bonds. The van der Waals surface area contributed by atoms with Gasteiger partial charge in [0.05, 0.1) is 5.69 Å². The molecular weight excluding hydrogens is 333 g/mol. The molecule has 0 bridgehead atoms. The molecular formula is C11H16IN3O2. The topological polar surface area (TPSA) is 58.2 Å². The fourth-order valence-electron chi connectivity index (χ4n) is 1.82. The Balaban J connectivity index is 2.24. The van der Waals surface area contributed by atoms with Crippen LogP contribution >= 0.6 is 22.6 Å². The fraction of sp³-hybridized carbons (Fsp3) is 0.636. The van der Waals surface area contributed by atoms with Crippen LogP contribution < -0.4 is 4.90 Å². The van der Waals surface area contributed by atoms with Gasteiger partial charge in [-0.25, -0.2) is 4.79 Å². The van der Waals surface area contributed by atoms with Crippen molar-refractivity contribution in [3.63, 3.8) is 0 Å². The number of nitrogens with one attached hydrogen (secondary N) is 1. The molecule has 0 fully saturated rings. The highest BCUT2D eigenvalue weighted by molar-refractivity contribution is 14.1. The summed E-state index contributed by atoms with van der Waals surface area (Å²) in [6.07, 6.45) is 1.58. The highest BCUT2D eigenvalue weighted by Gasteiger charge is 2.30. The summed E-state index contributed by atoms with van der Waals surface area (Å²) in [5.74, 6) is 0. The Morgan fingerprint density at radius 1 is 1.53 bits per heavy atom. The Morgan fingerprint density at radius 2 is 2.24 bits per heavy atom. The van der Waals surface area contributed by atoms with E-state index in [0.29, 0.717) is 6.54 Å². The number of aryl methyl sites for hydroxylation is 1. The van der Waals surface area contributed by atoms with Crippen LogP contribution in [-0.4, -0.2) is 28.4 Å². The van der Waals surface area contributed by atoms with Gasteiger partial charge < -0.3 is 4.74 Å². The number of anilines is 1. The lowest BCUT2D eigenvalue weighted by Gasteiger charge is -2.29. The number of H-pyrrole nitrogens is 1. The number of nitrogens with zero attached hydrogens (tertiary/aromatic N) is 2. The molecule has 0 radical (unpaired) electrons. The first-order valence-electron chi connectivity index (χ1n) is 5.62. The van der Waals surface area contributed by atoms with E-state index >= 15 is 0 Å². The van der Waals surface area contributed by atoms with Gasteiger partial charge in [0.15, 0.2) is 0 Å². The summed E-state index contributed by atoms with van der Waals surface area (Å²) in [6, 6.07) is 0. The largest absolute Gasteiger partial charge is 0.443 e. The minimum Gasteiger partial charge on any atom is -0.443 e. The van der Waals surface area contributed by atoms with Crippen LogP contribution in [0.15, 0.2) is 0 Å². The lowest BCUT2D eigenvalue weighted by atomic mass is 10.1. The number of aromatic nitrogens is 2. The van der Waals surface area contributed by atoms with E-state index in [1.54, 1.807) is 4.90 Å². The number of fused-ring (bicyclic) bond motifs is 1. The molecule has 0 unspecified atom stereocenters. The van der Waals surface area contributed by atoms with Crippen molar-refractivity contribution in [1.82, 2.24) is 10.2 Å². The van der Waals surface area contributed by atoms with Gasteiger partial charge in [0.25, 0.3) is 0 Å². The van der Waals surface area contributed by atoms with Crippen molar-refractivity contribution in [2.24, 2.45) is 0 Å². The minimum atomic E-state index is -0.468. The van der Waals surface area contributed by atoms with Gasteiger partial charge in [0, 0.05) is 6.54 Å². The van der Waals surface area contributed by atoms with Crippen molar-refractivity contribution >= 4 is 34.4 Å². The van der Waals surface area contributed by atoms with Crippen LogP contribution in [-0.2, 0) is 11.2 Å². The van der Waals surface area contributed by atoms with Crippen LogP contribution in [0.25, 0.3) is 0 Å². The van der Waals surface area contributed by atoms with Gasteiger partial charge in [-0.05, 0) is 56.2 Å². The van der Waals surface area contributed by atoms with Crippen molar-refractivity contribution in [1.29, 1.82) is 0 Å². The summed E-state index contributed by atoms with van der Waals surface area (Å²) < 4.78 is 6.22. The van der Waals surface area contributed by atoms with Crippen LogP contribution in [0.5, 0.6) is 0 Å². The lowest BCUT2D eigenvalue weighted by molar-refractivity contribution is 0.0577. The summed E-state index contributed by atoms with van der Waals surface area (Å²) in [5.41, 5.74) is 1.43. The number of carbonyl (C=O) groups is 1. The second kappa shape index (κ2) is 4.47. The number of halogens is 1. The number of rotatable bonds is 0. The molecule has 1 aliphatic heterocycles. The Bertz CT molecular complexity index is 436. The highest BCUT2D eigenvalue weighted by Crippen LogP contribution is 2.31. The summed E-state index contributed by atoms with van der Waals surface area (Å²) in [4.78, 5) is 13.8. The van der Waals surface area contributed by atoms with E-state index in [2.05, 4.69) is 32.8 Å². The van der Waals surface area contributed by atoms with Crippen molar-refractivity contribution in [3.8, 4) is 0 Å². The summed E-state index contributed by atoms with van der Waals surface area (Å²) in [6.45, 7) is 6.31. The summed E-state index contributed by atoms with van der Waals surface area (Å²) in [7, 11) is 0. The van der Waals surface area contributed by atoms with Crippen LogP contribution in [0, 0.1) is 3.70 Å². The predicted molar refractivity (Wildman–Crippen MR) is 73.2 cm³/mol. The Morgan fingerprint density at radius 3 is 2.88 bits per heavy atom. The van der Waals surface area contributed by atoms with Gasteiger partial charge in [-0.3, -0.25) is 10.00 Å². The standard InChI is InChI=1S/C11H16IN3O2/c1-11(2,3)17-10(16)15-6-4-5-7-8(15)9(12)14-13-7/h4-6H2,1-3H3,(H,13,14). The number of ether oxygens (including phenoxy) is 1. The lowest BCUT2D eigenvalue weighted by Crippen LogP contribution is -2.39. The first-order chi connectivity index (χ1) is 7.88. The second-order valence-electron chi connectivity index (χ2n) is 5.08.